The Morgan fingerprint density at radius 1 is 1.18 bits per heavy atom. The van der Waals surface area contributed by atoms with Gasteiger partial charge in [-0.1, -0.05) is 11.2 Å². The largest absolute Gasteiger partial charge is 0.361 e. The number of aryl methyl sites for hydroxylation is 3. The summed E-state index contributed by atoms with van der Waals surface area (Å²) in [5, 5.41) is 7.30. The standard InChI is InChI=1S/C13H17N3O/c1-9-4-12(6-14-5-9)7-15-8-13-10(2)16-17-11(13)3/h4-6,15H,7-8H2,1-3H3. The Morgan fingerprint density at radius 3 is 2.65 bits per heavy atom. The number of nitrogens with zero attached hydrogens (tertiary/aromatic N) is 2. The summed E-state index contributed by atoms with van der Waals surface area (Å²) in [6.45, 7) is 7.52. The molecule has 17 heavy (non-hydrogen) atoms. The van der Waals surface area contributed by atoms with Gasteiger partial charge in [0, 0.05) is 31.0 Å². The third-order valence-corrected chi connectivity index (χ3v) is 2.74. The minimum Gasteiger partial charge on any atom is -0.361 e. The lowest BCUT2D eigenvalue weighted by Crippen LogP contribution is -2.13. The maximum Gasteiger partial charge on any atom is 0.138 e. The molecule has 4 heteroatoms. The van der Waals surface area contributed by atoms with Gasteiger partial charge in [0.05, 0.1) is 5.69 Å². The van der Waals surface area contributed by atoms with E-state index in [-0.39, 0.29) is 0 Å². The molecule has 0 bridgehead atoms. The molecule has 1 N–H and O–H groups in total. The van der Waals surface area contributed by atoms with Crippen molar-refractivity contribution < 1.29 is 4.52 Å². The molecule has 0 aliphatic heterocycles. The summed E-state index contributed by atoms with van der Waals surface area (Å²) < 4.78 is 5.11. The molecule has 4 nitrogen and oxygen atoms in total. The highest BCUT2D eigenvalue weighted by Crippen LogP contribution is 2.11. The monoisotopic (exact) mass is 231 g/mol. The number of rotatable bonds is 4. The fourth-order valence-electron chi connectivity index (χ4n) is 1.80. The van der Waals surface area contributed by atoms with Gasteiger partial charge in [-0.05, 0) is 31.9 Å². The van der Waals surface area contributed by atoms with Gasteiger partial charge in [0.25, 0.3) is 0 Å². The summed E-state index contributed by atoms with van der Waals surface area (Å²) in [5.41, 5.74) is 4.47. The maximum atomic E-state index is 5.11. The predicted molar refractivity (Wildman–Crippen MR) is 65.5 cm³/mol. The quantitative estimate of drug-likeness (QED) is 0.877. The van der Waals surface area contributed by atoms with Gasteiger partial charge in [-0.2, -0.15) is 0 Å². The Morgan fingerprint density at radius 2 is 2.00 bits per heavy atom. The number of aromatic nitrogens is 2. The Balaban J connectivity index is 1.92. The number of pyridine rings is 1. The summed E-state index contributed by atoms with van der Waals surface area (Å²) in [5.74, 6) is 0.886. The van der Waals surface area contributed by atoms with E-state index in [1.54, 1.807) is 0 Å². The first-order valence-corrected chi connectivity index (χ1v) is 5.70. The van der Waals surface area contributed by atoms with Crippen LogP contribution in [0.3, 0.4) is 0 Å². The molecule has 0 aromatic carbocycles. The van der Waals surface area contributed by atoms with Crippen LogP contribution in [-0.2, 0) is 13.1 Å². The maximum absolute atomic E-state index is 5.11. The van der Waals surface area contributed by atoms with Gasteiger partial charge in [-0.15, -0.1) is 0 Å². The first-order chi connectivity index (χ1) is 8.16. The highest BCUT2D eigenvalue weighted by molar-refractivity contribution is 5.21. The van der Waals surface area contributed by atoms with Crippen molar-refractivity contribution in [2.24, 2.45) is 0 Å². The van der Waals surface area contributed by atoms with E-state index in [0.29, 0.717) is 0 Å². The SMILES string of the molecule is Cc1cncc(CNCc2c(C)noc2C)c1. The van der Waals surface area contributed by atoms with Crippen molar-refractivity contribution >= 4 is 0 Å². The van der Waals surface area contributed by atoms with Crippen molar-refractivity contribution in [2.45, 2.75) is 33.9 Å². The van der Waals surface area contributed by atoms with Crippen molar-refractivity contribution in [3.8, 4) is 0 Å². The molecule has 0 fully saturated rings. The Hall–Kier alpha value is -1.68. The van der Waals surface area contributed by atoms with Crippen molar-refractivity contribution in [1.29, 1.82) is 0 Å². The lowest BCUT2D eigenvalue weighted by Gasteiger charge is -2.04. The third kappa shape index (κ3) is 2.91. The summed E-state index contributed by atoms with van der Waals surface area (Å²) in [4.78, 5) is 4.16. The molecule has 0 spiro atoms. The fraction of sp³-hybridized carbons (Fsp3) is 0.385. The molecule has 90 valence electrons. The van der Waals surface area contributed by atoms with Gasteiger partial charge in [-0.3, -0.25) is 4.98 Å². The molecule has 2 aromatic rings. The van der Waals surface area contributed by atoms with E-state index >= 15 is 0 Å². The molecule has 0 unspecified atom stereocenters. The molecular weight excluding hydrogens is 214 g/mol. The van der Waals surface area contributed by atoms with Gasteiger partial charge >= 0.3 is 0 Å². The van der Waals surface area contributed by atoms with E-state index in [2.05, 4.69) is 21.5 Å². The molecule has 0 radical (unpaired) electrons. The molecule has 0 aliphatic carbocycles. The van der Waals surface area contributed by atoms with E-state index in [4.69, 9.17) is 4.52 Å². The molecular formula is C13H17N3O. The van der Waals surface area contributed by atoms with E-state index in [1.807, 2.05) is 33.2 Å². The Bertz CT molecular complexity index is 486. The molecule has 0 saturated carbocycles. The minimum absolute atomic E-state index is 0.773. The second-order valence-corrected chi connectivity index (χ2v) is 4.28. The van der Waals surface area contributed by atoms with Gasteiger partial charge in [0.2, 0.25) is 0 Å². The van der Waals surface area contributed by atoms with Crippen LogP contribution >= 0.6 is 0 Å². The minimum atomic E-state index is 0.773. The second-order valence-electron chi connectivity index (χ2n) is 4.28. The van der Waals surface area contributed by atoms with Crippen LogP contribution in [-0.4, -0.2) is 10.1 Å². The highest BCUT2D eigenvalue weighted by atomic mass is 16.5. The Labute approximate surface area is 101 Å². The zero-order valence-corrected chi connectivity index (χ0v) is 10.4. The molecule has 0 atom stereocenters. The normalized spacial score (nSPS) is 10.8. The first-order valence-electron chi connectivity index (χ1n) is 5.70. The van der Waals surface area contributed by atoms with Gasteiger partial charge in [0.15, 0.2) is 0 Å². The fourth-order valence-corrected chi connectivity index (χ4v) is 1.80. The van der Waals surface area contributed by atoms with Crippen LogP contribution in [0.5, 0.6) is 0 Å². The van der Waals surface area contributed by atoms with Crippen LogP contribution in [0, 0.1) is 20.8 Å². The molecule has 0 amide bonds. The summed E-state index contributed by atoms with van der Waals surface area (Å²) in [6.07, 6.45) is 3.74. The van der Waals surface area contributed by atoms with Crippen molar-refractivity contribution in [3.05, 3.63) is 46.6 Å². The van der Waals surface area contributed by atoms with Gasteiger partial charge in [-0.25, -0.2) is 0 Å². The molecule has 2 rings (SSSR count). The summed E-state index contributed by atoms with van der Waals surface area (Å²) in [6, 6.07) is 2.13. The van der Waals surface area contributed by atoms with Crippen LogP contribution < -0.4 is 5.32 Å². The first kappa shape index (κ1) is 11.8. The van der Waals surface area contributed by atoms with Crippen LogP contribution in [0.15, 0.2) is 23.0 Å². The summed E-state index contributed by atoms with van der Waals surface area (Å²) in [7, 11) is 0. The average molecular weight is 231 g/mol. The zero-order valence-electron chi connectivity index (χ0n) is 10.4. The molecule has 2 aromatic heterocycles. The van der Waals surface area contributed by atoms with Crippen LogP contribution in [0.4, 0.5) is 0 Å². The zero-order chi connectivity index (χ0) is 12.3. The topological polar surface area (TPSA) is 51.0 Å². The van der Waals surface area contributed by atoms with Crippen molar-refractivity contribution in [3.63, 3.8) is 0 Å². The summed E-state index contributed by atoms with van der Waals surface area (Å²) >= 11 is 0. The number of hydrogen-bond donors (Lipinski definition) is 1. The Kier molecular flexibility index (Phi) is 3.54. The van der Waals surface area contributed by atoms with E-state index in [0.717, 1.165) is 30.1 Å². The van der Waals surface area contributed by atoms with Crippen molar-refractivity contribution in [2.75, 3.05) is 0 Å². The van der Waals surface area contributed by atoms with E-state index < -0.39 is 0 Å². The average Bonchev–Trinajstić information content (AvgIpc) is 2.61. The number of hydrogen-bond acceptors (Lipinski definition) is 4. The highest BCUT2D eigenvalue weighted by Gasteiger charge is 2.07. The molecule has 2 heterocycles. The van der Waals surface area contributed by atoms with Crippen LogP contribution in [0.1, 0.15) is 28.1 Å². The second kappa shape index (κ2) is 5.10. The lowest BCUT2D eigenvalue weighted by atomic mass is 10.2. The molecule has 0 aliphatic rings. The van der Waals surface area contributed by atoms with Crippen LogP contribution in [0.25, 0.3) is 0 Å². The molecule has 0 saturated heterocycles. The smallest absolute Gasteiger partial charge is 0.138 e. The van der Waals surface area contributed by atoms with E-state index in [9.17, 15) is 0 Å². The van der Waals surface area contributed by atoms with Crippen molar-refractivity contribution in [1.82, 2.24) is 15.5 Å². The van der Waals surface area contributed by atoms with Crippen LogP contribution in [0.2, 0.25) is 0 Å². The van der Waals surface area contributed by atoms with Gasteiger partial charge in [0.1, 0.15) is 5.76 Å². The van der Waals surface area contributed by atoms with Gasteiger partial charge < -0.3 is 9.84 Å². The predicted octanol–water partition coefficient (Wildman–Crippen LogP) is 2.28. The van der Waals surface area contributed by atoms with E-state index in [1.165, 1.54) is 11.1 Å². The number of nitrogens with one attached hydrogen (secondary N) is 1. The third-order valence-electron chi connectivity index (χ3n) is 2.74. The lowest BCUT2D eigenvalue weighted by molar-refractivity contribution is 0.392.